The van der Waals surface area contributed by atoms with E-state index >= 15 is 0 Å². The minimum atomic E-state index is -1.32. The Bertz CT molecular complexity index is 1090. The predicted molar refractivity (Wildman–Crippen MR) is 128 cm³/mol. The second kappa shape index (κ2) is 12.2. The fourth-order valence-corrected chi connectivity index (χ4v) is 2.64. The van der Waals surface area contributed by atoms with E-state index in [0.717, 1.165) is 11.1 Å². The maximum atomic E-state index is 12.4. The highest BCUT2D eigenvalue weighted by Crippen LogP contribution is 2.08. The molecule has 0 unspecified atom stereocenters. The Morgan fingerprint density at radius 3 is 2.26 bits per heavy atom. The van der Waals surface area contributed by atoms with E-state index < -0.39 is 29.6 Å². The first kappa shape index (κ1) is 26.2. The van der Waals surface area contributed by atoms with Crippen molar-refractivity contribution in [3.05, 3.63) is 76.9 Å². The molecule has 0 bridgehead atoms. The number of nitrogens with one attached hydrogen (secondary N) is 2. The molecule has 8 nitrogen and oxygen atoms in total. The molecule has 178 valence electrons. The highest BCUT2D eigenvalue weighted by Gasteiger charge is 2.23. The Balaban J connectivity index is 1.93. The largest absolute Gasteiger partial charge is 0.480 e. The lowest BCUT2D eigenvalue weighted by molar-refractivity contribution is -0.139. The van der Waals surface area contributed by atoms with E-state index in [1.807, 2.05) is 30.3 Å². The zero-order valence-corrected chi connectivity index (χ0v) is 19.3. The van der Waals surface area contributed by atoms with E-state index in [1.165, 1.54) is 12.1 Å². The first-order chi connectivity index (χ1) is 16.1. The molecule has 0 aromatic heterocycles. The average molecular weight is 465 g/mol. The van der Waals surface area contributed by atoms with E-state index in [-0.39, 0.29) is 18.7 Å². The quantitative estimate of drug-likeness (QED) is 0.467. The number of aliphatic hydroxyl groups is 1. The third-order valence-electron chi connectivity index (χ3n) is 4.34. The summed E-state index contributed by atoms with van der Waals surface area (Å²) < 4.78 is 5.06. The molecule has 1 atom stereocenters. The van der Waals surface area contributed by atoms with Crippen molar-refractivity contribution < 1.29 is 29.3 Å². The van der Waals surface area contributed by atoms with E-state index in [4.69, 9.17) is 9.84 Å². The van der Waals surface area contributed by atoms with Gasteiger partial charge >= 0.3 is 12.1 Å². The Morgan fingerprint density at radius 2 is 1.71 bits per heavy atom. The van der Waals surface area contributed by atoms with Gasteiger partial charge in [-0.25, -0.2) is 9.59 Å². The van der Waals surface area contributed by atoms with Crippen molar-refractivity contribution in [3.8, 4) is 11.8 Å². The number of rotatable bonds is 7. The molecular formula is C26H28N2O6. The maximum Gasteiger partial charge on any atom is 0.407 e. The van der Waals surface area contributed by atoms with Crippen LogP contribution in [0.25, 0.3) is 6.08 Å². The Labute approximate surface area is 198 Å². The standard InChI is InChI=1S/C26H28N2O6/c1-26(2,3)34-25(33)27-16-22(24(31)32)28-23(30)21-14-12-19(13-15-21)7-5-4-6-18-8-10-20(17-29)11-9-18/h4,6,8-15,22,29H,16-17H2,1-3H3,(H,27,33)(H,28,30)(H,31,32)/b6-4+/t22-/m0/s1. The molecule has 4 N–H and O–H groups in total. The number of amides is 2. The number of aliphatic hydroxyl groups excluding tert-OH is 1. The molecule has 0 heterocycles. The zero-order valence-electron chi connectivity index (χ0n) is 19.3. The van der Waals surface area contributed by atoms with Crippen molar-refractivity contribution in [2.75, 3.05) is 6.54 Å². The van der Waals surface area contributed by atoms with Crippen LogP contribution in [0.5, 0.6) is 0 Å². The lowest BCUT2D eigenvalue weighted by Gasteiger charge is -2.21. The summed E-state index contributed by atoms with van der Waals surface area (Å²) in [6.07, 6.45) is 2.77. The van der Waals surface area contributed by atoms with Gasteiger partial charge in [-0.2, -0.15) is 0 Å². The fourth-order valence-electron chi connectivity index (χ4n) is 2.64. The third-order valence-corrected chi connectivity index (χ3v) is 4.34. The van der Waals surface area contributed by atoms with Crippen LogP contribution >= 0.6 is 0 Å². The summed E-state index contributed by atoms with van der Waals surface area (Å²) in [5.74, 6) is 3.98. The molecule has 0 saturated heterocycles. The van der Waals surface area contributed by atoms with E-state index in [0.29, 0.717) is 5.56 Å². The van der Waals surface area contributed by atoms with Gasteiger partial charge in [0.25, 0.3) is 5.91 Å². The van der Waals surface area contributed by atoms with Gasteiger partial charge in [0.1, 0.15) is 11.6 Å². The van der Waals surface area contributed by atoms with Gasteiger partial charge in [-0.05, 0) is 68.3 Å². The molecule has 2 aromatic rings. The summed E-state index contributed by atoms with van der Waals surface area (Å²) >= 11 is 0. The first-order valence-electron chi connectivity index (χ1n) is 10.6. The van der Waals surface area contributed by atoms with Gasteiger partial charge in [0.15, 0.2) is 0 Å². The number of hydrogen-bond acceptors (Lipinski definition) is 5. The first-order valence-corrected chi connectivity index (χ1v) is 10.6. The summed E-state index contributed by atoms with van der Waals surface area (Å²) in [5, 5.41) is 23.1. The molecule has 0 aliphatic rings. The third kappa shape index (κ3) is 9.18. The van der Waals surface area contributed by atoms with Crippen LogP contribution in [0.3, 0.4) is 0 Å². The normalized spacial score (nSPS) is 11.8. The number of alkyl carbamates (subject to hydrolysis) is 1. The van der Waals surface area contributed by atoms with Gasteiger partial charge < -0.3 is 25.6 Å². The summed E-state index contributed by atoms with van der Waals surface area (Å²) in [6.45, 7) is 4.73. The molecule has 0 spiro atoms. The van der Waals surface area contributed by atoms with Crippen LogP contribution in [-0.4, -0.2) is 46.4 Å². The summed E-state index contributed by atoms with van der Waals surface area (Å²) in [4.78, 5) is 35.6. The highest BCUT2D eigenvalue weighted by atomic mass is 16.6. The molecule has 0 saturated carbocycles. The molecule has 34 heavy (non-hydrogen) atoms. The smallest absolute Gasteiger partial charge is 0.407 e. The molecule has 0 radical (unpaired) electrons. The predicted octanol–water partition coefficient (Wildman–Crippen LogP) is 2.95. The molecule has 0 fully saturated rings. The Kier molecular flexibility index (Phi) is 9.41. The monoisotopic (exact) mass is 464 g/mol. The van der Waals surface area contributed by atoms with Crippen LogP contribution in [0.1, 0.15) is 47.8 Å². The van der Waals surface area contributed by atoms with Crippen LogP contribution in [-0.2, 0) is 16.1 Å². The van der Waals surface area contributed by atoms with Gasteiger partial charge in [-0.15, -0.1) is 0 Å². The lowest BCUT2D eigenvalue weighted by Crippen LogP contribution is -2.49. The van der Waals surface area contributed by atoms with Crippen LogP contribution in [0, 0.1) is 11.8 Å². The van der Waals surface area contributed by atoms with Crippen molar-refractivity contribution in [1.29, 1.82) is 0 Å². The fraction of sp³-hybridized carbons (Fsp3) is 0.269. The maximum absolute atomic E-state index is 12.4. The number of carbonyl (C=O) groups excluding carboxylic acids is 2. The van der Waals surface area contributed by atoms with Crippen molar-refractivity contribution >= 4 is 24.0 Å². The summed E-state index contributed by atoms with van der Waals surface area (Å²) in [6, 6.07) is 12.5. The minimum absolute atomic E-state index is 0.00223. The molecule has 0 aliphatic heterocycles. The van der Waals surface area contributed by atoms with Crippen LogP contribution in [0.15, 0.2) is 54.6 Å². The van der Waals surface area contributed by atoms with E-state index in [2.05, 4.69) is 22.5 Å². The molecule has 2 amide bonds. The lowest BCUT2D eigenvalue weighted by atomic mass is 10.1. The number of carbonyl (C=O) groups is 3. The summed E-state index contributed by atoms with van der Waals surface area (Å²) in [7, 11) is 0. The number of aliphatic carboxylic acids is 1. The van der Waals surface area contributed by atoms with Gasteiger partial charge in [0.05, 0.1) is 13.2 Å². The number of carboxylic acid groups (broad SMARTS) is 1. The second-order valence-electron chi connectivity index (χ2n) is 8.33. The minimum Gasteiger partial charge on any atom is -0.480 e. The zero-order chi connectivity index (χ0) is 25.1. The molecule has 0 aliphatic carbocycles. The van der Waals surface area contributed by atoms with Crippen LogP contribution in [0.2, 0.25) is 0 Å². The van der Waals surface area contributed by atoms with E-state index in [1.54, 1.807) is 39.0 Å². The highest BCUT2D eigenvalue weighted by molar-refractivity contribution is 5.96. The van der Waals surface area contributed by atoms with Crippen molar-refractivity contribution in [2.24, 2.45) is 0 Å². The van der Waals surface area contributed by atoms with Crippen LogP contribution in [0.4, 0.5) is 4.79 Å². The van der Waals surface area contributed by atoms with E-state index in [9.17, 15) is 19.5 Å². The number of benzene rings is 2. The SMILES string of the molecule is CC(C)(C)OC(=O)NC[C@H](NC(=O)c1ccc(C#C/C=C/c2ccc(CO)cc2)cc1)C(=O)O. The number of hydrogen-bond donors (Lipinski definition) is 4. The van der Waals surface area contributed by atoms with Crippen LogP contribution < -0.4 is 10.6 Å². The van der Waals surface area contributed by atoms with Crippen molar-refractivity contribution in [3.63, 3.8) is 0 Å². The number of ether oxygens (including phenoxy) is 1. The van der Waals surface area contributed by atoms with Crippen molar-refractivity contribution in [2.45, 2.75) is 39.0 Å². The Morgan fingerprint density at radius 1 is 1.06 bits per heavy atom. The molecule has 8 heteroatoms. The number of carboxylic acids is 1. The van der Waals surface area contributed by atoms with Gasteiger partial charge in [0, 0.05) is 11.1 Å². The number of allylic oxidation sites excluding steroid dienone is 1. The second-order valence-corrected chi connectivity index (χ2v) is 8.33. The molecular weight excluding hydrogens is 436 g/mol. The topological polar surface area (TPSA) is 125 Å². The summed E-state index contributed by atoms with van der Waals surface area (Å²) in [5.41, 5.74) is 2.00. The molecule has 2 rings (SSSR count). The van der Waals surface area contributed by atoms with Gasteiger partial charge in [-0.3, -0.25) is 4.79 Å². The Hall–Kier alpha value is -4.09. The van der Waals surface area contributed by atoms with Gasteiger partial charge in [-0.1, -0.05) is 36.1 Å². The van der Waals surface area contributed by atoms with Crippen molar-refractivity contribution in [1.82, 2.24) is 10.6 Å². The molecule has 2 aromatic carbocycles. The average Bonchev–Trinajstić information content (AvgIpc) is 2.78. The van der Waals surface area contributed by atoms with Gasteiger partial charge in [0.2, 0.25) is 0 Å².